The molecule has 0 bridgehead atoms. The summed E-state index contributed by atoms with van der Waals surface area (Å²) in [5, 5.41) is 16.0. The van der Waals surface area contributed by atoms with Crippen molar-refractivity contribution in [2.45, 2.75) is 13.5 Å². The van der Waals surface area contributed by atoms with Crippen LogP contribution >= 0.6 is 0 Å². The Morgan fingerprint density at radius 2 is 2.24 bits per heavy atom. The van der Waals surface area contributed by atoms with Gasteiger partial charge in [-0.05, 0) is 30.7 Å². The first-order chi connectivity index (χ1) is 8.17. The average molecular weight is 235 g/mol. The van der Waals surface area contributed by atoms with E-state index in [4.69, 9.17) is 5.11 Å². The van der Waals surface area contributed by atoms with Crippen molar-refractivity contribution >= 4 is 5.69 Å². The molecule has 17 heavy (non-hydrogen) atoms. The second-order valence-electron chi connectivity index (χ2n) is 3.77. The predicted molar refractivity (Wildman–Crippen MR) is 63.7 cm³/mol. The summed E-state index contributed by atoms with van der Waals surface area (Å²) in [4.78, 5) is 0. The fourth-order valence-corrected chi connectivity index (χ4v) is 1.76. The van der Waals surface area contributed by atoms with E-state index in [0.29, 0.717) is 16.9 Å². The molecule has 0 radical (unpaired) electrons. The summed E-state index contributed by atoms with van der Waals surface area (Å²) in [5.74, 6) is -0.410. The number of benzene rings is 1. The summed E-state index contributed by atoms with van der Waals surface area (Å²) in [6.45, 7) is 1.66. The third-order valence-electron chi connectivity index (χ3n) is 2.62. The molecule has 0 saturated carbocycles. The summed E-state index contributed by atoms with van der Waals surface area (Å²) in [6.07, 6.45) is 1.62. The van der Waals surface area contributed by atoms with Crippen molar-refractivity contribution in [3.63, 3.8) is 0 Å². The first kappa shape index (κ1) is 11.6. The van der Waals surface area contributed by atoms with Crippen LogP contribution in [0.4, 0.5) is 10.1 Å². The van der Waals surface area contributed by atoms with Crippen molar-refractivity contribution < 1.29 is 9.50 Å². The Labute approximate surface area is 98.7 Å². The van der Waals surface area contributed by atoms with Gasteiger partial charge in [-0.15, -0.1) is 0 Å². The van der Waals surface area contributed by atoms with E-state index in [1.54, 1.807) is 25.4 Å². The van der Waals surface area contributed by atoms with E-state index in [-0.39, 0.29) is 6.61 Å². The minimum atomic E-state index is -0.410. The lowest BCUT2D eigenvalue weighted by Crippen LogP contribution is -2.07. The Morgan fingerprint density at radius 3 is 2.76 bits per heavy atom. The number of hydrogen-bond donors (Lipinski definition) is 2. The zero-order chi connectivity index (χ0) is 12.4. The van der Waals surface area contributed by atoms with Gasteiger partial charge in [0.05, 0.1) is 12.3 Å². The predicted octanol–water partition coefficient (Wildman–Crippen LogP) is 1.85. The van der Waals surface area contributed by atoms with Crippen LogP contribution < -0.4 is 5.32 Å². The minimum Gasteiger partial charge on any atom is -0.392 e. The monoisotopic (exact) mass is 235 g/mol. The molecule has 0 aliphatic rings. The fraction of sp³-hybridized carbons (Fsp3) is 0.250. The lowest BCUT2D eigenvalue weighted by molar-refractivity contribution is 0.281. The minimum absolute atomic E-state index is 0.191. The van der Waals surface area contributed by atoms with Crippen molar-refractivity contribution in [2.75, 3.05) is 12.4 Å². The first-order valence-corrected chi connectivity index (χ1v) is 5.29. The van der Waals surface area contributed by atoms with E-state index in [2.05, 4.69) is 10.4 Å². The van der Waals surface area contributed by atoms with E-state index in [9.17, 15) is 4.39 Å². The third-order valence-corrected chi connectivity index (χ3v) is 2.62. The molecule has 2 aromatic rings. The SMILES string of the molecule is CNc1cc(CO)cc(F)c1-n1nccc1C. The number of aliphatic hydroxyl groups excluding tert-OH is 1. The van der Waals surface area contributed by atoms with E-state index >= 15 is 0 Å². The number of hydrogen-bond acceptors (Lipinski definition) is 3. The number of halogens is 1. The van der Waals surface area contributed by atoms with Gasteiger partial charge in [-0.2, -0.15) is 5.10 Å². The van der Waals surface area contributed by atoms with Crippen LogP contribution in [0.25, 0.3) is 5.69 Å². The summed E-state index contributed by atoms with van der Waals surface area (Å²) < 4.78 is 15.5. The Bertz CT molecular complexity index is 537. The molecule has 0 unspecified atom stereocenters. The largest absolute Gasteiger partial charge is 0.392 e. The number of aliphatic hydroxyl groups is 1. The quantitative estimate of drug-likeness (QED) is 0.853. The zero-order valence-corrected chi connectivity index (χ0v) is 9.74. The lowest BCUT2D eigenvalue weighted by Gasteiger charge is -2.13. The molecule has 2 N–H and O–H groups in total. The Kier molecular flexibility index (Phi) is 3.10. The summed E-state index contributed by atoms with van der Waals surface area (Å²) in [7, 11) is 1.71. The highest BCUT2D eigenvalue weighted by Gasteiger charge is 2.14. The molecular weight excluding hydrogens is 221 g/mol. The molecule has 1 aromatic heterocycles. The maximum atomic E-state index is 14.0. The van der Waals surface area contributed by atoms with E-state index in [1.807, 2.05) is 6.92 Å². The van der Waals surface area contributed by atoms with Crippen LogP contribution in [0.1, 0.15) is 11.3 Å². The van der Waals surface area contributed by atoms with Crippen molar-refractivity contribution in [1.29, 1.82) is 0 Å². The molecular formula is C12H14FN3O. The molecule has 0 aliphatic carbocycles. The zero-order valence-electron chi connectivity index (χ0n) is 9.74. The van der Waals surface area contributed by atoms with Crippen LogP contribution in [0.2, 0.25) is 0 Å². The molecule has 1 heterocycles. The standard InChI is InChI=1S/C12H14FN3O/c1-8-3-4-15-16(8)12-10(13)5-9(7-17)6-11(12)14-2/h3-6,14,17H,7H2,1-2H3. The number of anilines is 1. The maximum Gasteiger partial charge on any atom is 0.151 e. The average Bonchev–Trinajstić information content (AvgIpc) is 2.74. The molecule has 90 valence electrons. The highest BCUT2D eigenvalue weighted by atomic mass is 19.1. The molecule has 0 spiro atoms. The van der Waals surface area contributed by atoms with Crippen LogP contribution in [0.3, 0.4) is 0 Å². The summed E-state index contributed by atoms with van der Waals surface area (Å²) in [5.41, 5.74) is 2.34. The van der Waals surface area contributed by atoms with Gasteiger partial charge < -0.3 is 10.4 Å². The smallest absolute Gasteiger partial charge is 0.151 e. The summed E-state index contributed by atoms with van der Waals surface area (Å²) in [6, 6.07) is 4.83. The Balaban J connectivity index is 2.65. The second-order valence-corrected chi connectivity index (χ2v) is 3.77. The highest BCUT2D eigenvalue weighted by molar-refractivity contribution is 5.63. The topological polar surface area (TPSA) is 50.1 Å². The highest BCUT2D eigenvalue weighted by Crippen LogP contribution is 2.26. The normalized spacial score (nSPS) is 10.6. The first-order valence-electron chi connectivity index (χ1n) is 5.29. The van der Waals surface area contributed by atoms with Crippen LogP contribution in [0.15, 0.2) is 24.4 Å². The third kappa shape index (κ3) is 2.01. The van der Waals surface area contributed by atoms with Crippen molar-refractivity contribution in [2.24, 2.45) is 0 Å². The number of aromatic nitrogens is 2. The number of nitrogens with one attached hydrogen (secondary N) is 1. The second kappa shape index (κ2) is 4.55. The van der Waals surface area contributed by atoms with Crippen molar-refractivity contribution in [1.82, 2.24) is 9.78 Å². The van der Waals surface area contributed by atoms with Gasteiger partial charge in [-0.25, -0.2) is 9.07 Å². The number of aryl methyl sites for hydroxylation is 1. The van der Waals surface area contributed by atoms with Gasteiger partial charge in [-0.1, -0.05) is 0 Å². The number of nitrogens with zero attached hydrogens (tertiary/aromatic N) is 2. The molecule has 2 rings (SSSR count). The molecule has 1 aromatic carbocycles. The van der Waals surface area contributed by atoms with Crippen molar-refractivity contribution in [3.8, 4) is 5.69 Å². The van der Waals surface area contributed by atoms with Gasteiger partial charge in [0.1, 0.15) is 5.69 Å². The molecule has 4 nitrogen and oxygen atoms in total. The molecule has 0 aliphatic heterocycles. The lowest BCUT2D eigenvalue weighted by atomic mass is 10.1. The fourth-order valence-electron chi connectivity index (χ4n) is 1.76. The van der Waals surface area contributed by atoms with Gasteiger partial charge in [0.15, 0.2) is 5.82 Å². The Hall–Kier alpha value is -1.88. The van der Waals surface area contributed by atoms with Crippen LogP contribution in [-0.4, -0.2) is 21.9 Å². The van der Waals surface area contributed by atoms with Gasteiger partial charge in [-0.3, -0.25) is 0 Å². The number of rotatable bonds is 3. The van der Waals surface area contributed by atoms with Crippen LogP contribution in [0, 0.1) is 12.7 Å². The molecule has 0 amide bonds. The Morgan fingerprint density at radius 1 is 1.47 bits per heavy atom. The van der Waals surface area contributed by atoms with Gasteiger partial charge in [0.2, 0.25) is 0 Å². The molecule has 5 heteroatoms. The van der Waals surface area contributed by atoms with Crippen LogP contribution in [0.5, 0.6) is 0 Å². The summed E-state index contributed by atoms with van der Waals surface area (Å²) >= 11 is 0. The van der Waals surface area contributed by atoms with E-state index in [0.717, 1.165) is 5.69 Å². The van der Waals surface area contributed by atoms with E-state index in [1.165, 1.54) is 10.7 Å². The molecule has 0 fully saturated rings. The van der Waals surface area contributed by atoms with Gasteiger partial charge in [0, 0.05) is 18.9 Å². The van der Waals surface area contributed by atoms with Crippen LogP contribution in [-0.2, 0) is 6.61 Å². The van der Waals surface area contributed by atoms with E-state index < -0.39 is 5.82 Å². The van der Waals surface area contributed by atoms with Crippen molar-refractivity contribution in [3.05, 3.63) is 41.5 Å². The maximum absolute atomic E-state index is 14.0. The molecule has 0 saturated heterocycles. The van der Waals surface area contributed by atoms with Gasteiger partial charge in [0.25, 0.3) is 0 Å². The van der Waals surface area contributed by atoms with Gasteiger partial charge >= 0.3 is 0 Å². The molecule has 0 atom stereocenters.